The van der Waals surface area contributed by atoms with E-state index in [1.807, 2.05) is 19.1 Å². The number of carbonyl (C=O) groups is 1. The first-order valence-electron chi connectivity index (χ1n) is 11.2. The van der Waals surface area contributed by atoms with Crippen LogP contribution in [-0.4, -0.2) is 56.9 Å². The molecular formula is C22H34N3O3S+. The summed E-state index contributed by atoms with van der Waals surface area (Å²) in [6, 6.07) is 7.82. The summed E-state index contributed by atoms with van der Waals surface area (Å²) < 4.78 is 27.7. The molecule has 3 fully saturated rings. The fraction of sp³-hybridized carbons (Fsp3) is 0.682. The molecule has 1 aromatic rings. The van der Waals surface area contributed by atoms with Gasteiger partial charge in [0.1, 0.15) is 0 Å². The maximum atomic E-state index is 13.1. The van der Waals surface area contributed by atoms with Gasteiger partial charge in [-0.3, -0.25) is 4.79 Å². The number of quaternary nitrogens is 1. The first kappa shape index (κ1) is 20.8. The third-order valence-electron chi connectivity index (χ3n) is 6.89. The van der Waals surface area contributed by atoms with Crippen molar-refractivity contribution < 1.29 is 18.1 Å². The van der Waals surface area contributed by atoms with E-state index in [2.05, 4.69) is 5.32 Å². The van der Waals surface area contributed by atoms with E-state index in [0.717, 1.165) is 12.8 Å². The van der Waals surface area contributed by atoms with Crippen molar-refractivity contribution in [1.29, 1.82) is 0 Å². The Morgan fingerprint density at radius 2 is 1.66 bits per heavy atom. The standard InChI is InChI=1S/C22H33N3O3S/c1-17(22(26)23-20-9-10-20)24-13-15-25(16-14-24)29(27,28)21-11-7-19(8-12-21)18-5-3-2-4-6-18/h7-8,11-12,17-18,20H,2-6,9-10,13-16H2,1H3,(H,23,26)/p+1/t17-/m1/s1. The van der Waals surface area contributed by atoms with Crippen LogP contribution in [0.4, 0.5) is 0 Å². The van der Waals surface area contributed by atoms with E-state index in [1.165, 1.54) is 42.6 Å². The smallest absolute Gasteiger partial charge is 0.278 e. The molecule has 29 heavy (non-hydrogen) atoms. The molecule has 6 nitrogen and oxygen atoms in total. The second kappa shape index (κ2) is 8.74. The number of piperazine rings is 1. The molecule has 3 aliphatic rings. The zero-order chi connectivity index (χ0) is 20.4. The van der Waals surface area contributed by atoms with Gasteiger partial charge in [0.2, 0.25) is 10.0 Å². The van der Waals surface area contributed by atoms with Gasteiger partial charge in [0.25, 0.3) is 5.91 Å². The van der Waals surface area contributed by atoms with E-state index in [0.29, 0.717) is 43.0 Å². The van der Waals surface area contributed by atoms with Crippen molar-refractivity contribution >= 4 is 15.9 Å². The molecule has 0 aromatic heterocycles. The Hall–Kier alpha value is -1.44. The van der Waals surface area contributed by atoms with Crippen LogP contribution in [0.2, 0.25) is 0 Å². The summed E-state index contributed by atoms with van der Waals surface area (Å²) in [6.07, 6.45) is 8.45. The molecule has 1 heterocycles. The average molecular weight is 421 g/mol. The Labute approximate surface area is 174 Å². The van der Waals surface area contributed by atoms with Gasteiger partial charge in [-0.1, -0.05) is 31.4 Å². The largest absolute Gasteiger partial charge is 0.348 e. The lowest BCUT2D eigenvalue weighted by molar-refractivity contribution is -0.917. The molecule has 4 rings (SSSR count). The van der Waals surface area contributed by atoms with Crippen molar-refractivity contribution in [3.63, 3.8) is 0 Å². The SMILES string of the molecule is C[C@H](C(=O)NC1CC1)[NH+]1CCN(S(=O)(=O)c2ccc(C3CCCCC3)cc2)CC1. The van der Waals surface area contributed by atoms with Crippen LogP contribution < -0.4 is 10.2 Å². The number of hydrogen-bond acceptors (Lipinski definition) is 3. The van der Waals surface area contributed by atoms with Crippen LogP contribution in [0.5, 0.6) is 0 Å². The van der Waals surface area contributed by atoms with Crippen molar-refractivity contribution in [1.82, 2.24) is 9.62 Å². The summed E-state index contributed by atoms with van der Waals surface area (Å²) in [5, 5.41) is 3.06. The third-order valence-corrected chi connectivity index (χ3v) is 8.80. The fourth-order valence-electron chi connectivity index (χ4n) is 4.68. The van der Waals surface area contributed by atoms with Gasteiger partial charge in [-0.2, -0.15) is 4.31 Å². The number of rotatable bonds is 6. The first-order chi connectivity index (χ1) is 13.9. The number of hydrogen-bond donors (Lipinski definition) is 2. The van der Waals surface area contributed by atoms with E-state index >= 15 is 0 Å². The summed E-state index contributed by atoms with van der Waals surface area (Å²) in [7, 11) is -3.47. The first-order valence-corrected chi connectivity index (χ1v) is 12.6. The number of benzene rings is 1. The zero-order valence-electron chi connectivity index (χ0n) is 17.4. The maximum Gasteiger partial charge on any atom is 0.278 e. The molecule has 0 spiro atoms. The van der Waals surface area contributed by atoms with Crippen molar-refractivity contribution in [3.05, 3.63) is 29.8 Å². The van der Waals surface area contributed by atoms with Crippen LogP contribution in [0, 0.1) is 0 Å². The number of nitrogens with one attached hydrogen (secondary N) is 2. The van der Waals surface area contributed by atoms with Crippen LogP contribution in [-0.2, 0) is 14.8 Å². The Morgan fingerprint density at radius 3 is 2.24 bits per heavy atom. The van der Waals surface area contributed by atoms with Gasteiger partial charge < -0.3 is 10.2 Å². The molecule has 7 heteroatoms. The molecule has 1 atom stereocenters. The van der Waals surface area contributed by atoms with Gasteiger partial charge in [0, 0.05) is 6.04 Å². The molecule has 1 saturated heterocycles. The second-order valence-corrected chi connectivity index (χ2v) is 10.9. The number of nitrogens with zero attached hydrogens (tertiary/aromatic N) is 1. The predicted octanol–water partition coefficient (Wildman–Crippen LogP) is 1.29. The lowest BCUT2D eigenvalue weighted by atomic mass is 9.84. The number of sulfonamides is 1. The lowest BCUT2D eigenvalue weighted by Crippen LogP contribution is -3.19. The third kappa shape index (κ3) is 4.84. The lowest BCUT2D eigenvalue weighted by Gasteiger charge is -2.34. The van der Waals surface area contributed by atoms with Gasteiger partial charge in [-0.05, 0) is 56.2 Å². The average Bonchev–Trinajstić information content (AvgIpc) is 3.58. The molecule has 1 aliphatic heterocycles. The van der Waals surface area contributed by atoms with E-state index in [-0.39, 0.29) is 11.9 Å². The summed E-state index contributed by atoms with van der Waals surface area (Å²) in [5.74, 6) is 0.674. The molecule has 0 bridgehead atoms. The van der Waals surface area contributed by atoms with Gasteiger partial charge in [-0.15, -0.1) is 0 Å². The van der Waals surface area contributed by atoms with E-state index < -0.39 is 10.0 Å². The van der Waals surface area contributed by atoms with Crippen LogP contribution >= 0.6 is 0 Å². The number of carbonyl (C=O) groups excluding carboxylic acids is 1. The van der Waals surface area contributed by atoms with Crippen molar-refractivity contribution in [2.24, 2.45) is 0 Å². The van der Waals surface area contributed by atoms with Crippen LogP contribution in [0.1, 0.15) is 63.4 Å². The van der Waals surface area contributed by atoms with Crippen LogP contribution in [0.15, 0.2) is 29.2 Å². The monoisotopic (exact) mass is 420 g/mol. The molecule has 1 amide bonds. The Morgan fingerprint density at radius 1 is 1.03 bits per heavy atom. The highest BCUT2D eigenvalue weighted by Gasteiger charge is 2.36. The predicted molar refractivity (Wildman–Crippen MR) is 112 cm³/mol. The Kier molecular flexibility index (Phi) is 6.27. The summed E-state index contributed by atoms with van der Waals surface area (Å²) >= 11 is 0. The topological polar surface area (TPSA) is 70.9 Å². The van der Waals surface area contributed by atoms with Gasteiger partial charge in [0.15, 0.2) is 6.04 Å². The van der Waals surface area contributed by atoms with Gasteiger partial charge in [0.05, 0.1) is 31.1 Å². The summed E-state index contributed by atoms with van der Waals surface area (Å²) in [5.41, 5.74) is 1.27. The molecule has 0 radical (unpaired) electrons. The van der Waals surface area contributed by atoms with E-state index in [9.17, 15) is 13.2 Å². The van der Waals surface area contributed by atoms with Crippen molar-refractivity contribution in [2.75, 3.05) is 26.2 Å². The molecule has 2 aliphatic carbocycles. The van der Waals surface area contributed by atoms with Crippen LogP contribution in [0.3, 0.4) is 0 Å². The van der Waals surface area contributed by atoms with E-state index in [1.54, 1.807) is 16.4 Å². The summed E-state index contributed by atoms with van der Waals surface area (Å²) in [6.45, 7) is 4.20. The zero-order valence-corrected chi connectivity index (χ0v) is 18.2. The van der Waals surface area contributed by atoms with Gasteiger partial charge >= 0.3 is 0 Å². The normalized spacial score (nSPS) is 23.6. The minimum Gasteiger partial charge on any atom is -0.348 e. The Balaban J connectivity index is 1.35. The molecule has 2 N–H and O–H groups in total. The van der Waals surface area contributed by atoms with E-state index in [4.69, 9.17) is 0 Å². The molecule has 1 aromatic carbocycles. The quantitative estimate of drug-likeness (QED) is 0.729. The highest BCUT2D eigenvalue weighted by molar-refractivity contribution is 7.89. The van der Waals surface area contributed by atoms with Crippen molar-refractivity contribution in [2.45, 2.75) is 74.8 Å². The maximum absolute atomic E-state index is 13.1. The fourth-order valence-corrected chi connectivity index (χ4v) is 6.12. The van der Waals surface area contributed by atoms with Crippen LogP contribution in [0.25, 0.3) is 0 Å². The van der Waals surface area contributed by atoms with Crippen molar-refractivity contribution in [3.8, 4) is 0 Å². The highest BCUT2D eigenvalue weighted by Crippen LogP contribution is 2.33. The highest BCUT2D eigenvalue weighted by atomic mass is 32.2. The summed E-state index contributed by atoms with van der Waals surface area (Å²) in [4.78, 5) is 13.8. The molecular weight excluding hydrogens is 386 g/mol. The minimum atomic E-state index is -3.47. The van der Waals surface area contributed by atoms with Gasteiger partial charge in [-0.25, -0.2) is 8.42 Å². The minimum absolute atomic E-state index is 0.0945. The Bertz CT molecular complexity index is 806. The second-order valence-electron chi connectivity index (χ2n) is 8.97. The molecule has 2 saturated carbocycles. The molecule has 160 valence electrons. The molecule has 0 unspecified atom stereocenters. The number of amides is 1.